The molecule has 7 nitrogen and oxygen atoms in total. The zero-order valence-electron chi connectivity index (χ0n) is 30.5. The van der Waals surface area contributed by atoms with Gasteiger partial charge in [0.25, 0.3) is 6.43 Å². The summed E-state index contributed by atoms with van der Waals surface area (Å²) in [6.07, 6.45) is 12.7. The molecule has 4 rings (SSSR count). The Morgan fingerprint density at radius 1 is 1.06 bits per heavy atom. The Kier molecular flexibility index (Phi) is 19.7. The molecule has 0 radical (unpaired) electrons. The van der Waals surface area contributed by atoms with Gasteiger partial charge in [-0.05, 0) is 139 Å². The van der Waals surface area contributed by atoms with Gasteiger partial charge in [-0.3, -0.25) is 0 Å². The van der Waals surface area contributed by atoms with Gasteiger partial charge >= 0.3 is 0 Å². The van der Waals surface area contributed by atoms with Crippen LogP contribution in [-0.2, 0) is 11.2 Å². The van der Waals surface area contributed by atoms with E-state index < -0.39 is 6.43 Å². The van der Waals surface area contributed by atoms with Crippen LogP contribution >= 0.6 is 0 Å². The molecule has 0 saturated carbocycles. The first-order chi connectivity index (χ1) is 24.0. The molecule has 9 heteroatoms. The normalized spacial score (nSPS) is 16.1. The number of hydrogen-bond acceptors (Lipinski definition) is 6. The Bertz CT molecular complexity index is 1340. The van der Waals surface area contributed by atoms with Crippen LogP contribution in [-0.4, -0.2) is 70.8 Å². The van der Waals surface area contributed by atoms with Crippen LogP contribution in [0.3, 0.4) is 0 Å². The van der Waals surface area contributed by atoms with Gasteiger partial charge in [0.15, 0.2) is 0 Å². The molecule has 2 aromatic rings. The number of nitrogens with zero attached hydrogens (tertiary/aromatic N) is 1. The number of rotatable bonds is 16. The third-order valence-electron chi connectivity index (χ3n) is 9.28. The fraction of sp³-hybridized carbons (Fsp3) is 0.525. The maximum absolute atomic E-state index is 15.2. The van der Waals surface area contributed by atoms with Crippen LogP contribution in [0.5, 0.6) is 0 Å². The number of halogens is 2. The van der Waals surface area contributed by atoms with Crippen molar-refractivity contribution in [2.75, 3.05) is 53.5 Å². The number of aryl methyl sites for hydroxylation is 1. The van der Waals surface area contributed by atoms with Gasteiger partial charge in [0, 0.05) is 66.1 Å². The highest BCUT2D eigenvalue weighted by molar-refractivity contribution is 5.84. The smallest absolute Gasteiger partial charge is 0.264 e. The van der Waals surface area contributed by atoms with Crippen molar-refractivity contribution in [3.05, 3.63) is 77.8 Å². The topological polar surface area (TPSA) is 86.1 Å². The molecule has 2 aliphatic heterocycles. The summed E-state index contributed by atoms with van der Waals surface area (Å²) < 4.78 is 38.3. The zero-order chi connectivity index (χ0) is 36.2. The highest BCUT2D eigenvalue weighted by Crippen LogP contribution is 2.42. The Morgan fingerprint density at radius 2 is 1.73 bits per heavy atom. The fourth-order valence-electron chi connectivity index (χ4n) is 6.94. The Hall–Kier alpha value is -3.37. The molecule has 0 amide bonds. The number of piperidine rings is 1. The number of nitrogens with one attached hydrogen (secondary N) is 5. The molecule has 0 aliphatic carbocycles. The molecule has 0 atom stereocenters. The van der Waals surface area contributed by atoms with Gasteiger partial charge in [-0.2, -0.15) is 0 Å². The van der Waals surface area contributed by atoms with Gasteiger partial charge in [-0.15, -0.1) is 13.2 Å². The Balaban J connectivity index is 0.00000201. The minimum atomic E-state index is -2.61. The number of alkyl halides is 2. The van der Waals surface area contributed by atoms with Gasteiger partial charge in [0.2, 0.25) is 0 Å². The monoisotopic (exact) mass is 680 g/mol. The van der Waals surface area contributed by atoms with E-state index in [0.717, 1.165) is 130 Å². The van der Waals surface area contributed by atoms with Gasteiger partial charge < -0.3 is 36.0 Å². The first-order valence-corrected chi connectivity index (χ1v) is 17.8. The zero-order valence-corrected chi connectivity index (χ0v) is 30.5. The molecule has 49 heavy (non-hydrogen) atoms. The molecule has 2 aliphatic rings. The van der Waals surface area contributed by atoms with Crippen LogP contribution in [0.15, 0.2) is 49.8 Å². The summed E-state index contributed by atoms with van der Waals surface area (Å²) in [5, 5.41) is 19.4. The van der Waals surface area contributed by atoms with E-state index in [1.807, 2.05) is 39.2 Å². The van der Waals surface area contributed by atoms with Gasteiger partial charge in [0.05, 0.1) is 0 Å². The summed E-state index contributed by atoms with van der Waals surface area (Å²) in [5.74, 6) is 0. The summed E-state index contributed by atoms with van der Waals surface area (Å²) >= 11 is 0. The van der Waals surface area contributed by atoms with Crippen LogP contribution < -0.4 is 21.3 Å². The van der Waals surface area contributed by atoms with Gasteiger partial charge in [-0.1, -0.05) is 25.7 Å². The molecule has 0 unspecified atom stereocenters. The summed E-state index contributed by atoms with van der Waals surface area (Å²) in [7, 11) is 3.92. The molecule has 0 spiro atoms. The third-order valence-corrected chi connectivity index (χ3v) is 9.28. The molecule has 3 heterocycles. The maximum Gasteiger partial charge on any atom is 0.264 e. The second-order valence-electron chi connectivity index (χ2n) is 12.2. The predicted molar refractivity (Wildman–Crippen MR) is 207 cm³/mol. The minimum absolute atomic E-state index is 0.0879. The highest BCUT2D eigenvalue weighted by Gasteiger charge is 2.27. The average Bonchev–Trinajstić information content (AvgIpc) is 3.51. The van der Waals surface area contributed by atoms with Crippen LogP contribution in [0.1, 0.15) is 99.2 Å². The SMILES string of the molecule is C=C.C=Cc1c(-c2cc(CCCNC)c(/C(CC)=C(/CCNC)NC3CCOCC3)cc2C(F)F)cn(C2CCNCC2)c1/C=C\C.C=N. The molecule has 2 fully saturated rings. The predicted octanol–water partition coefficient (Wildman–Crippen LogP) is 8.41. The fourth-order valence-corrected chi connectivity index (χ4v) is 6.94. The molecule has 2 saturated heterocycles. The van der Waals surface area contributed by atoms with E-state index in [4.69, 9.17) is 10.1 Å². The highest BCUT2D eigenvalue weighted by atomic mass is 19.3. The first-order valence-electron chi connectivity index (χ1n) is 17.8. The molecule has 1 aromatic heterocycles. The van der Waals surface area contributed by atoms with Crippen LogP contribution in [0.4, 0.5) is 8.78 Å². The molecule has 272 valence electrons. The van der Waals surface area contributed by atoms with E-state index in [2.05, 4.69) is 77.6 Å². The van der Waals surface area contributed by atoms with E-state index in [-0.39, 0.29) is 5.56 Å². The second kappa shape index (κ2) is 23.1. The quantitative estimate of drug-likeness (QED) is 0.0699. The van der Waals surface area contributed by atoms with Crippen molar-refractivity contribution in [1.29, 1.82) is 5.41 Å². The van der Waals surface area contributed by atoms with E-state index in [1.54, 1.807) is 0 Å². The van der Waals surface area contributed by atoms with Crippen molar-refractivity contribution in [3.8, 4) is 11.1 Å². The molecule has 5 N–H and O–H groups in total. The van der Waals surface area contributed by atoms with Crippen LogP contribution in [0.25, 0.3) is 28.9 Å². The third kappa shape index (κ3) is 11.3. The Morgan fingerprint density at radius 3 is 2.31 bits per heavy atom. The largest absolute Gasteiger partial charge is 0.385 e. The van der Waals surface area contributed by atoms with E-state index in [1.165, 1.54) is 0 Å². The number of ether oxygens (including phenoxy) is 1. The average molecular weight is 681 g/mol. The minimum Gasteiger partial charge on any atom is -0.385 e. The van der Waals surface area contributed by atoms with Crippen molar-refractivity contribution >= 4 is 24.4 Å². The molecular formula is C40H62F2N6O. The van der Waals surface area contributed by atoms with Crippen LogP contribution in [0.2, 0.25) is 0 Å². The lowest BCUT2D eigenvalue weighted by molar-refractivity contribution is 0.0802. The van der Waals surface area contributed by atoms with E-state index >= 15 is 8.78 Å². The number of hydrogen-bond donors (Lipinski definition) is 5. The lowest BCUT2D eigenvalue weighted by atomic mass is 9.86. The van der Waals surface area contributed by atoms with Crippen molar-refractivity contribution in [1.82, 2.24) is 25.8 Å². The number of allylic oxidation sites excluding steroid dienone is 2. The van der Waals surface area contributed by atoms with Gasteiger partial charge in [-0.25, -0.2) is 8.78 Å². The Labute approximate surface area is 294 Å². The summed E-state index contributed by atoms with van der Waals surface area (Å²) in [6.45, 7) is 21.9. The van der Waals surface area contributed by atoms with E-state index in [0.29, 0.717) is 17.6 Å². The molecular weight excluding hydrogens is 618 g/mol. The standard InChI is InChI=1S/C37H55F2N5O.C2H4.CH3N/c1-6-10-36-30(8-3)34(25-44(36)28-12-19-42-20-13-28)32-23-26(11-9-17-40-4)31(24-33(32)37(38)39)29(7-2)35(14-18-41-5)43-27-15-21-45-22-16-27;2*1-2/h6,8,10,23-25,27-28,37,40-43H,3,7,9,11-22H2,1-2,4-5H3;1-2H2;2H,1H2/b10-6-,35-29-;;. The second-order valence-corrected chi connectivity index (χ2v) is 12.2. The van der Waals surface area contributed by atoms with Gasteiger partial charge in [0.1, 0.15) is 0 Å². The maximum atomic E-state index is 15.2. The number of benzene rings is 1. The first kappa shape index (κ1) is 41.8. The number of aromatic nitrogens is 1. The lowest BCUT2D eigenvalue weighted by Crippen LogP contribution is -2.35. The van der Waals surface area contributed by atoms with Crippen molar-refractivity contribution in [3.63, 3.8) is 0 Å². The van der Waals surface area contributed by atoms with Crippen molar-refractivity contribution < 1.29 is 13.5 Å². The summed E-state index contributed by atoms with van der Waals surface area (Å²) in [4.78, 5) is 0. The van der Waals surface area contributed by atoms with Crippen molar-refractivity contribution in [2.45, 2.75) is 83.7 Å². The lowest BCUT2D eigenvalue weighted by Gasteiger charge is -2.28. The molecule has 1 aromatic carbocycles. The van der Waals surface area contributed by atoms with Crippen LogP contribution in [0, 0.1) is 5.41 Å². The van der Waals surface area contributed by atoms with Crippen molar-refractivity contribution in [2.24, 2.45) is 0 Å². The molecule has 0 bridgehead atoms. The summed E-state index contributed by atoms with van der Waals surface area (Å²) in [6, 6.07) is 4.52. The summed E-state index contributed by atoms with van der Waals surface area (Å²) in [5.41, 5.74) is 7.86. The van der Waals surface area contributed by atoms with E-state index in [9.17, 15) is 0 Å².